The van der Waals surface area contributed by atoms with Crippen LogP contribution in [-0.2, 0) is 7.05 Å². The van der Waals surface area contributed by atoms with E-state index in [9.17, 15) is 0 Å². The summed E-state index contributed by atoms with van der Waals surface area (Å²) in [6.07, 6.45) is 1.76. The van der Waals surface area contributed by atoms with Crippen molar-refractivity contribution < 1.29 is 0 Å². The summed E-state index contributed by atoms with van der Waals surface area (Å²) in [5.74, 6) is 0.902. The second-order valence-electron chi connectivity index (χ2n) is 4.06. The van der Waals surface area contributed by atoms with Gasteiger partial charge in [0.2, 0.25) is 0 Å². The van der Waals surface area contributed by atoms with Gasteiger partial charge in [-0.2, -0.15) is 4.37 Å². The summed E-state index contributed by atoms with van der Waals surface area (Å²) in [4.78, 5) is 8.89. The molecule has 0 bridgehead atoms. The Kier molecular flexibility index (Phi) is 2.52. The number of nitrogens with one attached hydrogen (secondary N) is 1. The first-order valence-corrected chi connectivity index (χ1v) is 6.41. The van der Waals surface area contributed by atoms with Gasteiger partial charge in [-0.3, -0.25) is 0 Å². The second-order valence-corrected chi connectivity index (χ2v) is 4.84. The number of hydrogen-bond donors (Lipinski definition) is 1. The second kappa shape index (κ2) is 4.06. The molecular formula is C12H13N5S. The minimum atomic E-state index is 0.766. The maximum absolute atomic E-state index is 4.60. The number of hydrogen-bond acceptors (Lipinski definition) is 5. The number of aromatic nitrogens is 4. The van der Waals surface area contributed by atoms with Crippen LogP contribution in [0.5, 0.6) is 0 Å². The molecule has 92 valence electrons. The van der Waals surface area contributed by atoms with Crippen LogP contribution in [0.1, 0.15) is 5.69 Å². The average Bonchev–Trinajstić information content (AvgIpc) is 2.91. The molecule has 0 spiro atoms. The molecule has 3 rings (SSSR count). The summed E-state index contributed by atoms with van der Waals surface area (Å²) in [6.45, 7) is 2.00. The zero-order valence-corrected chi connectivity index (χ0v) is 11.2. The fourth-order valence-electron chi connectivity index (χ4n) is 2.05. The first kappa shape index (κ1) is 11.2. The summed E-state index contributed by atoms with van der Waals surface area (Å²) in [7, 11) is 3.90. The Labute approximate surface area is 109 Å². The molecule has 18 heavy (non-hydrogen) atoms. The number of anilines is 1. The van der Waals surface area contributed by atoms with Crippen LogP contribution in [-0.4, -0.2) is 26.0 Å². The Bertz CT molecular complexity index is 712. The van der Waals surface area contributed by atoms with E-state index in [4.69, 9.17) is 0 Å². The lowest BCUT2D eigenvalue weighted by molar-refractivity contribution is 0.957. The third-order valence-electron chi connectivity index (χ3n) is 2.97. The third kappa shape index (κ3) is 1.49. The average molecular weight is 259 g/mol. The van der Waals surface area contributed by atoms with Gasteiger partial charge in [-0.1, -0.05) is 0 Å². The van der Waals surface area contributed by atoms with Crippen molar-refractivity contribution >= 4 is 27.7 Å². The molecule has 0 atom stereocenters. The van der Waals surface area contributed by atoms with Crippen LogP contribution in [0.15, 0.2) is 18.3 Å². The molecule has 0 unspecified atom stereocenters. The Morgan fingerprint density at radius 2 is 2.22 bits per heavy atom. The number of imidazole rings is 1. The smallest absolute Gasteiger partial charge is 0.178 e. The predicted octanol–water partition coefficient (Wildman–Crippen LogP) is 2.44. The van der Waals surface area contributed by atoms with Crippen molar-refractivity contribution in [1.29, 1.82) is 0 Å². The Balaban J connectivity index is 2.31. The van der Waals surface area contributed by atoms with Gasteiger partial charge >= 0.3 is 0 Å². The van der Waals surface area contributed by atoms with Crippen LogP contribution < -0.4 is 5.32 Å². The fraction of sp³-hybridized carbons (Fsp3) is 0.250. The number of nitrogens with zero attached hydrogens (tertiary/aromatic N) is 4. The third-order valence-corrected chi connectivity index (χ3v) is 3.93. The molecule has 0 radical (unpaired) electrons. The van der Waals surface area contributed by atoms with E-state index < -0.39 is 0 Å². The van der Waals surface area contributed by atoms with Gasteiger partial charge < -0.3 is 9.88 Å². The van der Waals surface area contributed by atoms with Gasteiger partial charge in [-0.05, 0) is 30.6 Å². The normalized spacial score (nSPS) is 11.1. The molecule has 0 aliphatic carbocycles. The lowest BCUT2D eigenvalue weighted by Gasteiger charge is -2.03. The highest BCUT2D eigenvalue weighted by Gasteiger charge is 2.18. The zero-order chi connectivity index (χ0) is 12.7. The van der Waals surface area contributed by atoms with Gasteiger partial charge in [0.15, 0.2) is 5.65 Å². The van der Waals surface area contributed by atoms with E-state index in [-0.39, 0.29) is 0 Å². The van der Waals surface area contributed by atoms with Crippen molar-refractivity contribution in [2.24, 2.45) is 7.05 Å². The van der Waals surface area contributed by atoms with Crippen LogP contribution in [0.2, 0.25) is 0 Å². The molecule has 3 aromatic rings. The van der Waals surface area contributed by atoms with Crippen molar-refractivity contribution in [1.82, 2.24) is 18.9 Å². The van der Waals surface area contributed by atoms with Gasteiger partial charge in [0.05, 0.1) is 16.8 Å². The molecule has 0 saturated heterocycles. The van der Waals surface area contributed by atoms with E-state index in [2.05, 4.69) is 24.2 Å². The summed E-state index contributed by atoms with van der Waals surface area (Å²) in [5, 5.41) is 4.20. The van der Waals surface area contributed by atoms with Gasteiger partial charge in [0.25, 0.3) is 0 Å². The van der Waals surface area contributed by atoms with Gasteiger partial charge in [-0.25, -0.2) is 9.97 Å². The van der Waals surface area contributed by atoms with Crippen LogP contribution >= 0.6 is 11.5 Å². The number of rotatable bonds is 2. The SMILES string of the molecule is CNc1snc(C)c1-c1nc2ncccc2n1C. The summed E-state index contributed by atoms with van der Waals surface area (Å²) in [6, 6.07) is 3.94. The van der Waals surface area contributed by atoms with Crippen LogP contribution in [0, 0.1) is 6.92 Å². The molecule has 3 aromatic heterocycles. The number of aryl methyl sites for hydroxylation is 2. The summed E-state index contributed by atoms with van der Waals surface area (Å²) < 4.78 is 6.44. The van der Waals surface area contributed by atoms with Crippen LogP contribution in [0.3, 0.4) is 0 Å². The summed E-state index contributed by atoms with van der Waals surface area (Å²) >= 11 is 1.45. The van der Waals surface area contributed by atoms with Gasteiger partial charge in [0.1, 0.15) is 10.8 Å². The quantitative estimate of drug-likeness (QED) is 0.768. The lowest BCUT2D eigenvalue weighted by Crippen LogP contribution is -1.96. The molecule has 3 heterocycles. The Hall–Kier alpha value is -1.95. The first-order chi connectivity index (χ1) is 8.72. The lowest BCUT2D eigenvalue weighted by atomic mass is 10.2. The highest BCUT2D eigenvalue weighted by Crippen LogP contribution is 2.34. The van der Waals surface area contributed by atoms with Crippen LogP contribution in [0.25, 0.3) is 22.6 Å². The molecule has 1 N–H and O–H groups in total. The minimum Gasteiger partial charge on any atom is -0.378 e. The minimum absolute atomic E-state index is 0.766. The molecular weight excluding hydrogens is 246 g/mol. The molecule has 6 heteroatoms. The topological polar surface area (TPSA) is 55.6 Å². The highest BCUT2D eigenvalue weighted by molar-refractivity contribution is 7.10. The van der Waals surface area contributed by atoms with Crippen molar-refractivity contribution in [3.63, 3.8) is 0 Å². The standard InChI is InChI=1S/C12H13N5S/c1-7-9(12(13-2)18-16-7)11-15-10-8(17(11)3)5-4-6-14-10/h4-6,13H,1-3H3. The largest absolute Gasteiger partial charge is 0.378 e. The molecule has 0 fully saturated rings. The van der Waals surface area contributed by atoms with Crippen molar-refractivity contribution in [3.8, 4) is 11.4 Å². The summed E-state index contributed by atoms with van der Waals surface area (Å²) in [5.41, 5.74) is 3.84. The van der Waals surface area contributed by atoms with E-state index in [0.717, 1.165) is 33.2 Å². The first-order valence-electron chi connectivity index (χ1n) is 5.64. The zero-order valence-electron chi connectivity index (χ0n) is 10.4. The maximum atomic E-state index is 4.60. The van der Waals surface area contributed by atoms with Gasteiger partial charge in [0, 0.05) is 20.3 Å². The van der Waals surface area contributed by atoms with E-state index in [1.807, 2.05) is 33.2 Å². The van der Waals surface area contributed by atoms with E-state index in [0.29, 0.717) is 0 Å². The monoisotopic (exact) mass is 259 g/mol. The van der Waals surface area contributed by atoms with E-state index in [1.54, 1.807) is 6.20 Å². The molecule has 0 aliphatic rings. The highest BCUT2D eigenvalue weighted by atomic mass is 32.1. The van der Waals surface area contributed by atoms with Crippen LogP contribution in [0.4, 0.5) is 5.00 Å². The van der Waals surface area contributed by atoms with E-state index >= 15 is 0 Å². The maximum Gasteiger partial charge on any atom is 0.178 e. The fourth-order valence-corrected chi connectivity index (χ4v) is 2.79. The van der Waals surface area contributed by atoms with Crippen molar-refractivity contribution in [2.45, 2.75) is 6.92 Å². The number of pyridine rings is 1. The predicted molar refractivity (Wildman–Crippen MR) is 73.9 cm³/mol. The van der Waals surface area contributed by atoms with E-state index in [1.165, 1.54) is 11.5 Å². The Morgan fingerprint density at radius 3 is 2.94 bits per heavy atom. The van der Waals surface area contributed by atoms with Crippen molar-refractivity contribution in [3.05, 3.63) is 24.0 Å². The molecule has 0 aromatic carbocycles. The molecule has 5 nitrogen and oxygen atoms in total. The molecule has 0 saturated carbocycles. The Morgan fingerprint density at radius 1 is 1.39 bits per heavy atom. The molecule has 0 aliphatic heterocycles. The number of fused-ring (bicyclic) bond motifs is 1. The van der Waals surface area contributed by atoms with Gasteiger partial charge in [-0.15, -0.1) is 0 Å². The van der Waals surface area contributed by atoms with Crippen molar-refractivity contribution in [2.75, 3.05) is 12.4 Å². The molecule has 0 amide bonds.